The third-order valence-corrected chi connectivity index (χ3v) is 5.26. The summed E-state index contributed by atoms with van der Waals surface area (Å²) in [6.45, 7) is 8.85. The van der Waals surface area contributed by atoms with Gasteiger partial charge in [0.05, 0.1) is 21.2 Å². The van der Waals surface area contributed by atoms with Crippen LogP contribution in [0.25, 0.3) is 11.0 Å². The van der Waals surface area contributed by atoms with Gasteiger partial charge in [-0.3, -0.25) is 4.79 Å². The number of H-pyrrole nitrogens is 1. The highest BCUT2D eigenvalue weighted by atomic mass is 79.9. The van der Waals surface area contributed by atoms with Crippen molar-refractivity contribution in [2.75, 3.05) is 23.3 Å². The Morgan fingerprint density at radius 2 is 2.17 bits per heavy atom. The highest BCUT2D eigenvalue weighted by Gasteiger charge is 2.27. The van der Waals surface area contributed by atoms with Crippen LogP contribution in [0.3, 0.4) is 0 Å². The zero-order valence-corrected chi connectivity index (χ0v) is 18.9. The van der Waals surface area contributed by atoms with E-state index >= 15 is 0 Å². The number of alkyl carbamates (subject to hydrolysis) is 1. The summed E-state index contributed by atoms with van der Waals surface area (Å²) in [7, 11) is 0. The van der Waals surface area contributed by atoms with Gasteiger partial charge in [-0.2, -0.15) is 0 Å². The first-order valence-electron chi connectivity index (χ1n) is 9.88. The number of hydrogen-bond donors (Lipinski definition) is 3. The molecule has 2 aromatic rings. The molecule has 0 aromatic carbocycles. The summed E-state index contributed by atoms with van der Waals surface area (Å²) in [5.74, 6) is -0.0556. The smallest absolute Gasteiger partial charge is 0.407 e. The minimum Gasteiger partial charge on any atom is -0.444 e. The number of carbonyl (C=O) groups excluding carboxylic acids is 2. The van der Waals surface area contributed by atoms with E-state index in [4.69, 9.17) is 4.74 Å². The number of nitrogens with zero attached hydrogens (tertiary/aromatic N) is 2. The third kappa shape index (κ3) is 5.20. The second kappa shape index (κ2) is 8.61. The number of piperidine rings is 1. The molecule has 3 N–H and O–H groups in total. The zero-order chi connectivity index (χ0) is 21.2. The van der Waals surface area contributed by atoms with Crippen LogP contribution in [0.5, 0.6) is 0 Å². The normalized spacial score (nSPS) is 17.3. The van der Waals surface area contributed by atoms with E-state index in [0.29, 0.717) is 24.3 Å². The van der Waals surface area contributed by atoms with Crippen molar-refractivity contribution in [3.05, 3.63) is 16.9 Å². The first-order valence-corrected chi connectivity index (χ1v) is 10.7. The first kappa shape index (κ1) is 21.4. The number of nitrogens with one attached hydrogen (secondary N) is 3. The molecule has 0 aliphatic carbocycles. The molecule has 9 heteroatoms. The van der Waals surface area contributed by atoms with Gasteiger partial charge in [0.1, 0.15) is 11.2 Å². The van der Waals surface area contributed by atoms with E-state index in [1.165, 1.54) is 0 Å². The van der Waals surface area contributed by atoms with Gasteiger partial charge in [0, 0.05) is 37.9 Å². The minimum atomic E-state index is -0.532. The topological polar surface area (TPSA) is 99.4 Å². The Bertz CT molecular complexity index is 905. The second-order valence-electron chi connectivity index (χ2n) is 8.21. The number of carbonyl (C=O) groups is 2. The van der Waals surface area contributed by atoms with Gasteiger partial charge in [0.2, 0.25) is 5.91 Å². The summed E-state index contributed by atoms with van der Waals surface area (Å²) in [4.78, 5) is 33.9. The average molecular weight is 466 g/mol. The number of rotatable bonds is 4. The lowest BCUT2D eigenvalue weighted by Gasteiger charge is -2.36. The van der Waals surface area contributed by atoms with Crippen LogP contribution in [-0.2, 0) is 9.53 Å². The molecule has 0 radical (unpaired) electrons. The number of pyridine rings is 1. The van der Waals surface area contributed by atoms with Gasteiger partial charge in [-0.05, 0) is 49.5 Å². The van der Waals surface area contributed by atoms with Crippen molar-refractivity contribution in [3.63, 3.8) is 0 Å². The summed E-state index contributed by atoms with van der Waals surface area (Å²) in [5.41, 5.74) is 1.84. The van der Waals surface area contributed by atoms with Crippen molar-refractivity contribution in [2.24, 2.45) is 0 Å². The van der Waals surface area contributed by atoms with Crippen molar-refractivity contribution in [1.82, 2.24) is 15.3 Å². The second-order valence-corrected chi connectivity index (χ2v) is 9.07. The number of aromatic nitrogens is 2. The largest absolute Gasteiger partial charge is 0.444 e. The van der Waals surface area contributed by atoms with Gasteiger partial charge in [-0.25, -0.2) is 9.78 Å². The number of aromatic amines is 1. The van der Waals surface area contributed by atoms with Gasteiger partial charge >= 0.3 is 6.09 Å². The van der Waals surface area contributed by atoms with E-state index in [0.717, 1.165) is 34.9 Å². The fourth-order valence-electron chi connectivity index (χ4n) is 3.47. The van der Waals surface area contributed by atoms with E-state index < -0.39 is 11.7 Å². The molecule has 1 saturated heterocycles. The Morgan fingerprint density at radius 1 is 1.41 bits per heavy atom. The quantitative estimate of drug-likeness (QED) is 0.628. The lowest BCUT2D eigenvalue weighted by atomic mass is 10.0. The van der Waals surface area contributed by atoms with Crippen LogP contribution in [0.15, 0.2) is 16.9 Å². The molecule has 3 rings (SSSR count). The molecule has 2 amide bonds. The molecule has 1 atom stereocenters. The fraction of sp³-hybridized carbons (Fsp3) is 0.550. The summed E-state index contributed by atoms with van der Waals surface area (Å²) in [6, 6.07) is -0.0265. The molecule has 0 unspecified atom stereocenters. The van der Waals surface area contributed by atoms with Crippen LogP contribution in [0.2, 0.25) is 0 Å². The van der Waals surface area contributed by atoms with Gasteiger partial charge in [-0.1, -0.05) is 6.92 Å². The monoisotopic (exact) mass is 465 g/mol. The van der Waals surface area contributed by atoms with E-state index in [-0.39, 0.29) is 11.9 Å². The Kier molecular flexibility index (Phi) is 6.36. The van der Waals surface area contributed by atoms with E-state index in [2.05, 4.69) is 41.4 Å². The average Bonchev–Trinajstić information content (AvgIpc) is 3.02. The molecule has 2 aromatic heterocycles. The Hall–Kier alpha value is -2.29. The number of fused-ring (bicyclic) bond motifs is 1. The Labute approximate surface area is 178 Å². The van der Waals surface area contributed by atoms with E-state index in [1.807, 2.05) is 27.7 Å². The highest BCUT2D eigenvalue weighted by molar-refractivity contribution is 9.10. The molecule has 29 heavy (non-hydrogen) atoms. The highest BCUT2D eigenvalue weighted by Crippen LogP contribution is 2.39. The number of ether oxygens (including phenoxy) is 1. The van der Waals surface area contributed by atoms with Gasteiger partial charge in [0.25, 0.3) is 0 Å². The standard InChI is InChI=1S/C20H28BrN5O3/c1-5-15(27)25-14-10-23-18-16(14)17(13(21)9-22-18)26-8-6-7-12(11-26)24-19(28)29-20(2,3)4/h9-10,12H,5-8,11H2,1-4H3,(H,22,23)(H,24,28)(H,25,27)/t12-/m1/s1. The van der Waals surface area contributed by atoms with Crippen LogP contribution >= 0.6 is 15.9 Å². The molecular weight excluding hydrogens is 438 g/mol. The van der Waals surface area contributed by atoms with Gasteiger partial charge < -0.3 is 25.3 Å². The molecule has 1 aliphatic rings. The van der Waals surface area contributed by atoms with Crippen molar-refractivity contribution in [1.29, 1.82) is 0 Å². The minimum absolute atomic E-state index is 0.0265. The Morgan fingerprint density at radius 3 is 2.86 bits per heavy atom. The zero-order valence-electron chi connectivity index (χ0n) is 17.3. The molecule has 1 fully saturated rings. The van der Waals surface area contributed by atoms with Crippen LogP contribution in [0.4, 0.5) is 16.2 Å². The molecule has 8 nitrogen and oxygen atoms in total. The SMILES string of the molecule is CCC(=O)Nc1c[nH]c2ncc(Br)c(N3CCC[C@@H](NC(=O)OC(C)(C)C)C3)c12. The maximum Gasteiger partial charge on any atom is 0.407 e. The molecule has 0 saturated carbocycles. The van der Waals surface area contributed by atoms with Crippen molar-refractivity contribution >= 4 is 50.3 Å². The van der Waals surface area contributed by atoms with E-state index in [1.54, 1.807) is 12.4 Å². The maximum absolute atomic E-state index is 12.2. The predicted octanol–water partition coefficient (Wildman–Crippen LogP) is 4.17. The van der Waals surface area contributed by atoms with E-state index in [9.17, 15) is 9.59 Å². The Balaban J connectivity index is 1.85. The van der Waals surface area contributed by atoms with Crippen LogP contribution < -0.4 is 15.5 Å². The lowest BCUT2D eigenvalue weighted by molar-refractivity contribution is -0.115. The van der Waals surface area contributed by atoms with Gasteiger partial charge in [-0.15, -0.1) is 0 Å². The van der Waals surface area contributed by atoms with Crippen molar-refractivity contribution < 1.29 is 14.3 Å². The molecule has 3 heterocycles. The molecule has 158 valence electrons. The summed E-state index contributed by atoms with van der Waals surface area (Å²) in [6.07, 6.45) is 5.33. The lowest BCUT2D eigenvalue weighted by Crippen LogP contribution is -2.49. The van der Waals surface area contributed by atoms with Crippen LogP contribution in [-0.4, -0.2) is 46.7 Å². The van der Waals surface area contributed by atoms with Crippen LogP contribution in [0.1, 0.15) is 47.0 Å². The molecule has 0 bridgehead atoms. The summed E-state index contributed by atoms with van der Waals surface area (Å²) >= 11 is 3.62. The number of amides is 2. The first-order chi connectivity index (χ1) is 13.7. The fourth-order valence-corrected chi connectivity index (χ4v) is 4.03. The third-order valence-electron chi connectivity index (χ3n) is 4.68. The molecular formula is C20H28BrN5O3. The summed E-state index contributed by atoms with van der Waals surface area (Å²) in [5, 5.41) is 6.78. The van der Waals surface area contributed by atoms with Crippen LogP contribution in [0, 0.1) is 0 Å². The number of halogens is 1. The molecule has 0 spiro atoms. The number of hydrogen-bond acceptors (Lipinski definition) is 5. The van der Waals surface area contributed by atoms with Crippen molar-refractivity contribution in [3.8, 4) is 0 Å². The maximum atomic E-state index is 12.2. The summed E-state index contributed by atoms with van der Waals surface area (Å²) < 4.78 is 6.24. The van der Waals surface area contributed by atoms with Crippen molar-refractivity contribution in [2.45, 2.75) is 58.6 Å². The van der Waals surface area contributed by atoms with Gasteiger partial charge in [0.15, 0.2) is 0 Å². The predicted molar refractivity (Wildman–Crippen MR) is 117 cm³/mol. The number of anilines is 2. The molecule has 1 aliphatic heterocycles.